The summed E-state index contributed by atoms with van der Waals surface area (Å²) in [7, 11) is 2.81. The average molecular weight is 410 g/mol. The van der Waals surface area contributed by atoms with Gasteiger partial charge in [0.05, 0.1) is 12.8 Å². The number of carbonyl (C=O) groups is 1. The number of methoxy groups -OCH3 is 1. The van der Waals surface area contributed by atoms with E-state index in [1.165, 1.54) is 14.2 Å². The van der Waals surface area contributed by atoms with E-state index in [2.05, 4.69) is 10.4 Å². The number of carbonyl (C=O) groups excluding carboxylic acids is 1. The standard InChI is InChI=1S/C20H18N4O6/c1-23-19(26)17(22-24(20(23)27)13-4-6-14(28-2)7-5-13)18(25)21-10-12-3-8-15-16(9-12)30-11-29-15/h3-9H,10-11H2,1-2H3,(H,21,25). The van der Waals surface area contributed by atoms with Gasteiger partial charge in [0, 0.05) is 13.6 Å². The van der Waals surface area contributed by atoms with Crippen LogP contribution >= 0.6 is 0 Å². The first-order valence-corrected chi connectivity index (χ1v) is 8.99. The maximum Gasteiger partial charge on any atom is 0.351 e. The maximum absolute atomic E-state index is 12.6. The molecule has 0 saturated heterocycles. The lowest BCUT2D eigenvalue weighted by Gasteiger charge is -2.10. The Bertz CT molecular complexity index is 1230. The molecular weight excluding hydrogens is 392 g/mol. The Morgan fingerprint density at radius 3 is 2.60 bits per heavy atom. The van der Waals surface area contributed by atoms with Gasteiger partial charge >= 0.3 is 5.69 Å². The largest absolute Gasteiger partial charge is 0.497 e. The van der Waals surface area contributed by atoms with E-state index in [1.807, 2.05) is 0 Å². The lowest BCUT2D eigenvalue weighted by Crippen LogP contribution is -2.44. The molecule has 0 unspecified atom stereocenters. The van der Waals surface area contributed by atoms with Crippen LogP contribution in [0.15, 0.2) is 52.1 Å². The van der Waals surface area contributed by atoms with Gasteiger partial charge in [-0.05, 0) is 42.0 Å². The Hall–Kier alpha value is -4.08. The van der Waals surface area contributed by atoms with Crippen LogP contribution in [-0.4, -0.2) is 34.2 Å². The van der Waals surface area contributed by atoms with Crippen molar-refractivity contribution in [3.63, 3.8) is 0 Å². The predicted octanol–water partition coefficient (Wildman–Crippen LogP) is 0.598. The van der Waals surface area contributed by atoms with Gasteiger partial charge in [0.1, 0.15) is 5.75 Å². The van der Waals surface area contributed by atoms with Crippen LogP contribution in [0.4, 0.5) is 0 Å². The molecule has 2 heterocycles. The summed E-state index contributed by atoms with van der Waals surface area (Å²) in [5.41, 5.74) is -0.701. The molecule has 0 spiro atoms. The number of nitrogens with zero attached hydrogens (tertiary/aromatic N) is 3. The molecule has 4 rings (SSSR count). The Labute approximate surface area is 170 Å². The number of ether oxygens (including phenoxy) is 3. The molecule has 0 aliphatic carbocycles. The predicted molar refractivity (Wildman–Crippen MR) is 105 cm³/mol. The zero-order chi connectivity index (χ0) is 21.3. The number of amides is 1. The first-order chi connectivity index (χ1) is 14.5. The van der Waals surface area contributed by atoms with Crippen molar-refractivity contribution >= 4 is 5.91 Å². The van der Waals surface area contributed by atoms with Crippen LogP contribution in [0.5, 0.6) is 17.2 Å². The highest BCUT2D eigenvalue weighted by molar-refractivity contribution is 5.91. The summed E-state index contributed by atoms with van der Waals surface area (Å²) in [4.78, 5) is 37.6. The van der Waals surface area contributed by atoms with E-state index in [1.54, 1.807) is 42.5 Å². The second-order valence-corrected chi connectivity index (χ2v) is 6.48. The van der Waals surface area contributed by atoms with Crippen molar-refractivity contribution in [2.75, 3.05) is 13.9 Å². The van der Waals surface area contributed by atoms with Gasteiger partial charge in [-0.1, -0.05) is 6.07 Å². The molecule has 154 valence electrons. The Morgan fingerprint density at radius 2 is 1.87 bits per heavy atom. The highest BCUT2D eigenvalue weighted by Crippen LogP contribution is 2.32. The van der Waals surface area contributed by atoms with Gasteiger partial charge in [-0.25, -0.2) is 4.79 Å². The molecule has 1 aliphatic rings. The van der Waals surface area contributed by atoms with Crippen LogP contribution in [0.1, 0.15) is 16.1 Å². The first kappa shape index (κ1) is 19.2. The van der Waals surface area contributed by atoms with Gasteiger partial charge in [0.25, 0.3) is 11.5 Å². The third-order valence-electron chi connectivity index (χ3n) is 4.60. The molecule has 0 radical (unpaired) electrons. The summed E-state index contributed by atoms with van der Waals surface area (Å²) in [6, 6.07) is 11.8. The molecular formula is C20H18N4O6. The number of hydrogen-bond donors (Lipinski definition) is 1. The lowest BCUT2D eigenvalue weighted by molar-refractivity contribution is 0.0941. The summed E-state index contributed by atoms with van der Waals surface area (Å²) >= 11 is 0. The van der Waals surface area contributed by atoms with Crippen LogP contribution in [0.25, 0.3) is 5.69 Å². The quantitative estimate of drug-likeness (QED) is 0.655. The van der Waals surface area contributed by atoms with Crippen molar-refractivity contribution in [2.24, 2.45) is 7.05 Å². The van der Waals surface area contributed by atoms with Crippen molar-refractivity contribution in [1.29, 1.82) is 0 Å². The summed E-state index contributed by atoms with van der Waals surface area (Å²) in [6.07, 6.45) is 0. The molecule has 0 atom stereocenters. The van der Waals surface area contributed by atoms with Crippen LogP contribution in [0.3, 0.4) is 0 Å². The number of rotatable bonds is 5. The highest BCUT2D eigenvalue weighted by Gasteiger charge is 2.19. The summed E-state index contributed by atoms with van der Waals surface area (Å²) in [5.74, 6) is 1.12. The van der Waals surface area contributed by atoms with Crippen LogP contribution < -0.4 is 30.8 Å². The maximum atomic E-state index is 12.6. The molecule has 3 aromatic rings. The van der Waals surface area contributed by atoms with Gasteiger partial charge in [0.15, 0.2) is 11.5 Å². The Kier molecular flexibility index (Phi) is 4.97. The normalized spacial score (nSPS) is 11.9. The van der Waals surface area contributed by atoms with E-state index in [0.29, 0.717) is 22.9 Å². The van der Waals surface area contributed by atoms with Crippen LogP contribution in [-0.2, 0) is 13.6 Å². The minimum absolute atomic E-state index is 0.141. The molecule has 1 N–H and O–H groups in total. The SMILES string of the molecule is COc1ccc(-n2nc(C(=O)NCc3ccc4c(c3)OCO4)c(=O)n(C)c2=O)cc1. The molecule has 30 heavy (non-hydrogen) atoms. The molecule has 0 bridgehead atoms. The first-order valence-electron chi connectivity index (χ1n) is 8.99. The number of benzene rings is 2. The second-order valence-electron chi connectivity index (χ2n) is 6.48. The van der Waals surface area contributed by atoms with Gasteiger partial charge in [-0.15, -0.1) is 0 Å². The zero-order valence-corrected chi connectivity index (χ0v) is 16.2. The van der Waals surface area contributed by atoms with E-state index in [9.17, 15) is 14.4 Å². The van der Waals surface area contributed by atoms with Crippen molar-refractivity contribution in [3.05, 3.63) is 74.6 Å². The Morgan fingerprint density at radius 1 is 1.13 bits per heavy atom. The number of nitrogens with one attached hydrogen (secondary N) is 1. The number of aromatic nitrogens is 3. The minimum Gasteiger partial charge on any atom is -0.497 e. The summed E-state index contributed by atoms with van der Waals surface area (Å²) in [6.45, 7) is 0.292. The van der Waals surface area contributed by atoms with Gasteiger partial charge in [0.2, 0.25) is 12.5 Å². The van der Waals surface area contributed by atoms with E-state index in [4.69, 9.17) is 14.2 Å². The summed E-state index contributed by atoms with van der Waals surface area (Å²) in [5, 5.41) is 6.65. The van der Waals surface area contributed by atoms with Crippen LogP contribution in [0, 0.1) is 0 Å². The molecule has 1 amide bonds. The van der Waals surface area contributed by atoms with E-state index >= 15 is 0 Å². The fourth-order valence-corrected chi connectivity index (χ4v) is 2.92. The number of fused-ring (bicyclic) bond motifs is 1. The van der Waals surface area contributed by atoms with E-state index in [0.717, 1.165) is 14.8 Å². The second kappa shape index (κ2) is 7.74. The molecule has 10 nitrogen and oxygen atoms in total. The van der Waals surface area contributed by atoms with Gasteiger partial charge in [-0.3, -0.25) is 14.2 Å². The smallest absolute Gasteiger partial charge is 0.351 e. The molecule has 10 heteroatoms. The fourth-order valence-electron chi connectivity index (χ4n) is 2.92. The molecule has 2 aromatic carbocycles. The number of hydrogen-bond acceptors (Lipinski definition) is 7. The zero-order valence-electron chi connectivity index (χ0n) is 16.2. The van der Waals surface area contributed by atoms with E-state index < -0.39 is 22.9 Å². The van der Waals surface area contributed by atoms with Gasteiger partial charge < -0.3 is 19.5 Å². The third kappa shape index (κ3) is 3.50. The van der Waals surface area contributed by atoms with Gasteiger partial charge in [-0.2, -0.15) is 9.78 Å². The monoisotopic (exact) mass is 410 g/mol. The molecule has 1 aliphatic heterocycles. The lowest BCUT2D eigenvalue weighted by atomic mass is 10.2. The molecule has 0 saturated carbocycles. The van der Waals surface area contributed by atoms with Crippen molar-refractivity contribution in [3.8, 4) is 22.9 Å². The van der Waals surface area contributed by atoms with Crippen molar-refractivity contribution in [1.82, 2.24) is 19.7 Å². The van der Waals surface area contributed by atoms with E-state index in [-0.39, 0.29) is 13.3 Å². The molecule has 0 fully saturated rings. The minimum atomic E-state index is -0.784. The Balaban J connectivity index is 1.61. The van der Waals surface area contributed by atoms with Crippen molar-refractivity contribution in [2.45, 2.75) is 6.54 Å². The topological polar surface area (TPSA) is 114 Å². The third-order valence-corrected chi connectivity index (χ3v) is 4.60. The molecule has 1 aromatic heterocycles. The highest BCUT2D eigenvalue weighted by atomic mass is 16.7. The fraction of sp³-hybridized carbons (Fsp3) is 0.200. The van der Waals surface area contributed by atoms with Crippen molar-refractivity contribution < 1.29 is 19.0 Å². The average Bonchev–Trinajstić information content (AvgIpc) is 3.24. The van der Waals surface area contributed by atoms with Crippen LogP contribution in [0.2, 0.25) is 0 Å². The summed E-state index contributed by atoms with van der Waals surface area (Å²) < 4.78 is 17.5.